The van der Waals surface area contributed by atoms with Crippen LogP contribution < -0.4 is 4.74 Å². The number of amides is 1. The Hall–Kier alpha value is -4.47. The number of hydrogen-bond donors (Lipinski definition) is 0. The summed E-state index contributed by atoms with van der Waals surface area (Å²) in [4.78, 5) is 27.1. The fraction of sp³-hybridized carbons (Fsp3) is 0.136. The molecule has 1 amide bonds. The second-order valence-corrected chi connectivity index (χ2v) is 7.04. The van der Waals surface area contributed by atoms with Gasteiger partial charge in [-0.05, 0) is 46.3 Å². The van der Waals surface area contributed by atoms with E-state index in [4.69, 9.17) is 13.6 Å². The van der Waals surface area contributed by atoms with E-state index in [-0.39, 0.29) is 5.75 Å². The van der Waals surface area contributed by atoms with Crippen LogP contribution in [-0.2, 0) is 4.79 Å². The Morgan fingerprint density at radius 3 is 2.88 bits per heavy atom. The predicted octanol–water partition coefficient (Wildman–Crippen LogP) is 4.09. The molecular formula is C22H16N4O6. The summed E-state index contributed by atoms with van der Waals surface area (Å²) in [6, 6.07) is 15.3. The van der Waals surface area contributed by atoms with Crippen LogP contribution in [0.5, 0.6) is 5.75 Å². The van der Waals surface area contributed by atoms with Crippen molar-refractivity contribution in [1.82, 2.24) is 9.99 Å². The third-order valence-corrected chi connectivity index (χ3v) is 5.02. The van der Waals surface area contributed by atoms with Gasteiger partial charge in [0.15, 0.2) is 12.4 Å². The number of fused-ring (bicyclic) bond motifs is 1. The summed E-state index contributed by atoms with van der Waals surface area (Å²) in [5, 5.41) is 17.8. The van der Waals surface area contributed by atoms with Gasteiger partial charge < -0.3 is 23.7 Å². The van der Waals surface area contributed by atoms with Crippen molar-refractivity contribution in [3.8, 4) is 5.75 Å². The molecule has 0 saturated heterocycles. The average Bonchev–Trinajstić information content (AvgIpc) is 3.56. The molecule has 5 rings (SSSR count). The van der Waals surface area contributed by atoms with Crippen LogP contribution >= 0.6 is 0 Å². The van der Waals surface area contributed by atoms with Crippen molar-refractivity contribution in [2.24, 2.45) is 5.10 Å². The monoisotopic (exact) mass is 432 g/mol. The third kappa shape index (κ3) is 3.58. The van der Waals surface area contributed by atoms with Gasteiger partial charge in [-0.3, -0.25) is 4.79 Å². The van der Waals surface area contributed by atoms with Gasteiger partial charge in [-0.15, -0.1) is 0 Å². The zero-order valence-electron chi connectivity index (χ0n) is 16.6. The van der Waals surface area contributed by atoms with Crippen molar-refractivity contribution in [3.05, 3.63) is 88.7 Å². The number of pyridine rings is 1. The second-order valence-electron chi connectivity index (χ2n) is 7.04. The van der Waals surface area contributed by atoms with Crippen LogP contribution in [0.3, 0.4) is 0 Å². The zero-order valence-corrected chi connectivity index (χ0v) is 16.6. The molecule has 3 aromatic heterocycles. The van der Waals surface area contributed by atoms with Crippen LogP contribution in [0.1, 0.15) is 24.0 Å². The molecule has 160 valence electrons. The Morgan fingerprint density at radius 2 is 2.09 bits per heavy atom. The highest BCUT2D eigenvalue weighted by molar-refractivity contribution is 6.03. The van der Waals surface area contributed by atoms with E-state index in [0.29, 0.717) is 23.7 Å². The fourth-order valence-electron chi connectivity index (χ4n) is 3.55. The van der Waals surface area contributed by atoms with Gasteiger partial charge in [0.2, 0.25) is 5.75 Å². The maximum absolute atomic E-state index is 13.0. The smallest absolute Gasteiger partial charge is 0.406 e. The normalized spacial score (nSPS) is 15.7. The topological polar surface area (TPSA) is 124 Å². The molecule has 0 aliphatic carbocycles. The minimum atomic E-state index is -0.668. The van der Waals surface area contributed by atoms with Crippen LogP contribution in [0.15, 0.2) is 81.0 Å². The molecule has 10 heteroatoms. The van der Waals surface area contributed by atoms with Crippen molar-refractivity contribution < 1.29 is 23.3 Å². The number of furan rings is 2. The molecule has 1 aliphatic rings. The molecule has 0 radical (unpaired) electrons. The number of ether oxygens (including phenoxy) is 1. The van der Waals surface area contributed by atoms with Gasteiger partial charge in [0.1, 0.15) is 29.3 Å². The number of hydrazone groups is 1. The highest BCUT2D eigenvalue weighted by atomic mass is 16.6. The van der Waals surface area contributed by atoms with Crippen LogP contribution in [0.25, 0.3) is 11.0 Å². The number of aromatic nitrogens is 1. The Morgan fingerprint density at radius 1 is 1.22 bits per heavy atom. The van der Waals surface area contributed by atoms with Gasteiger partial charge in [0.25, 0.3) is 5.91 Å². The number of nitro groups is 1. The average molecular weight is 432 g/mol. The molecule has 32 heavy (non-hydrogen) atoms. The largest absolute Gasteiger partial charge is 0.475 e. The Bertz CT molecular complexity index is 1290. The summed E-state index contributed by atoms with van der Waals surface area (Å²) in [5.41, 5.74) is 1.31. The van der Waals surface area contributed by atoms with E-state index in [1.807, 2.05) is 30.3 Å². The summed E-state index contributed by atoms with van der Waals surface area (Å²) in [7, 11) is 0. The van der Waals surface area contributed by atoms with E-state index >= 15 is 0 Å². The maximum atomic E-state index is 13.0. The zero-order chi connectivity index (χ0) is 22.1. The molecule has 1 atom stereocenters. The lowest BCUT2D eigenvalue weighted by atomic mass is 10.1. The van der Waals surface area contributed by atoms with Crippen LogP contribution in [0.2, 0.25) is 0 Å². The molecule has 1 aliphatic heterocycles. The number of nitrogens with zero attached hydrogens (tertiary/aromatic N) is 4. The summed E-state index contributed by atoms with van der Waals surface area (Å²) in [6.45, 7) is -0.458. The van der Waals surface area contributed by atoms with Gasteiger partial charge in [-0.2, -0.15) is 5.10 Å². The number of hydrogen-bond acceptors (Lipinski definition) is 8. The lowest BCUT2D eigenvalue weighted by Crippen LogP contribution is -2.31. The summed E-state index contributed by atoms with van der Waals surface area (Å²) < 4.78 is 16.8. The van der Waals surface area contributed by atoms with Crippen molar-refractivity contribution in [2.75, 3.05) is 6.61 Å². The molecule has 0 fully saturated rings. The van der Waals surface area contributed by atoms with Gasteiger partial charge in [0.05, 0.1) is 6.26 Å². The van der Waals surface area contributed by atoms with E-state index in [0.717, 1.165) is 11.0 Å². The van der Waals surface area contributed by atoms with Gasteiger partial charge in [0, 0.05) is 11.8 Å². The SMILES string of the molecule is O=C(COc1cccnc1[N+](=O)[O-])N1N=C(c2cc3ccccc3o2)CC1c1ccco1. The van der Waals surface area contributed by atoms with Gasteiger partial charge >= 0.3 is 5.82 Å². The van der Waals surface area contributed by atoms with Gasteiger partial charge in [-0.25, -0.2) is 5.01 Å². The van der Waals surface area contributed by atoms with Crippen LogP contribution in [0.4, 0.5) is 5.82 Å². The molecule has 1 aromatic carbocycles. The molecule has 0 bridgehead atoms. The first-order valence-corrected chi connectivity index (χ1v) is 9.74. The van der Waals surface area contributed by atoms with E-state index in [1.165, 1.54) is 29.6 Å². The van der Waals surface area contributed by atoms with Crippen molar-refractivity contribution in [1.29, 1.82) is 0 Å². The molecule has 0 spiro atoms. The minimum absolute atomic E-state index is 0.0962. The first-order chi connectivity index (χ1) is 15.6. The number of para-hydroxylation sites is 1. The predicted molar refractivity (Wildman–Crippen MR) is 112 cm³/mol. The molecule has 0 N–H and O–H groups in total. The quantitative estimate of drug-likeness (QED) is 0.332. The lowest BCUT2D eigenvalue weighted by Gasteiger charge is -2.19. The summed E-state index contributed by atoms with van der Waals surface area (Å²) in [5.74, 6) is 0.0648. The van der Waals surface area contributed by atoms with Gasteiger partial charge in [-0.1, -0.05) is 18.2 Å². The maximum Gasteiger partial charge on any atom is 0.406 e. The standard InChI is InChI=1S/C22H16N4O6/c27-21(13-31-19-7-3-9-23-22(19)26(28)29)25-16(18-8-4-10-30-18)12-15(24-25)20-11-14-5-1-2-6-17(14)32-20/h1-11,16H,12-13H2. The highest BCUT2D eigenvalue weighted by Crippen LogP contribution is 2.34. The molecule has 10 nitrogen and oxygen atoms in total. The number of carbonyl (C=O) groups is 1. The lowest BCUT2D eigenvalue weighted by molar-refractivity contribution is -0.390. The first kappa shape index (κ1) is 19.5. The van der Waals surface area contributed by atoms with Crippen molar-refractivity contribution in [3.63, 3.8) is 0 Å². The minimum Gasteiger partial charge on any atom is -0.475 e. The highest BCUT2D eigenvalue weighted by Gasteiger charge is 2.36. The second kappa shape index (κ2) is 7.99. The van der Waals surface area contributed by atoms with Crippen LogP contribution in [0, 0.1) is 10.1 Å². The summed E-state index contributed by atoms with van der Waals surface area (Å²) >= 11 is 0. The third-order valence-electron chi connectivity index (χ3n) is 5.02. The Kier molecular flexibility index (Phi) is 4.86. The molecule has 0 saturated carbocycles. The van der Waals surface area contributed by atoms with Crippen molar-refractivity contribution >= 4 is 28.4 Å². The Balaban J connectivity index is 1.41. The van der Waals surface area contributed by atoms with E-state index in [9.17, 15) is 14.9 Å². The first-order valence-electron chi connectivity index (χ1n) is 9.74. The van der Waals surface area contributed by atoms with E-state index in [2.05, 4.69) is 10.1 Å². The fourth-order valence-corrected chi connectivity index (χ4v) is 3.55. The molecule has 4 aromatic rings. The number of rotatable bonds is 6. The van der Waals surface area contributed by atoms with Crippen LogP contribution in [-0.4, -0.2) is 33.1 Å². The van der Waals surface area contributed by atoms with E-state index in [1.54, 1.807) is 12.1 Å². The molecular weight excluding hydrogens is 416 g/mol. The number of benzene rings is 1. The molecule has 4 heterocycles. The summed E-state index contributed by atoms with van der Waals surface area (Å²) in [6.07, 6.45) is 3.18. The molecule has 1 unspecified atom stereocenters. The number of carbonyl (C=O) groups excluding carboxylic acids is 1. The van der Waals surface area contributed by atoms with E-state index < -0.39 is 29.3 Å². The Labute approximate surface area is 180 Å². The van der Waals surface area contributed by atoms with Crippen molar-refractivity contribution in [2.45, 2.75) is 12.5 Å².